The quantitative estimate of drug-likeness (QED) is 0.558. The third kappa shape index (κ3) is 2.49. The summed E-state index contributed by atoms with van der Waals surface area (Å²) in [6.45, 7) is 0. The molecule has 0 saturated carbocycles. The lowest BCUT2D eigenvalue weighted by atomic mass is 10.0. The Hall–Kier alpha value is -1.05. The van der Waals surface area contributed by atoms with E-state index in [0.29, 0.717) is 14.4 Å². The van der Waals surface area contributed by atoms with Crippen LogP contribution in [0.5, 0.6) is 0 Å². The van der Waals surface area contributed by atoms with Gasteiger partial charge in [0.15, 0.2) is 8.83 Å². The van der Waals surface area contributed by atoms with Crippen LogP contribution in [0, 0.1) is 0 Å². The Kier molecular flexibility index (Phi) is 3.59. The summed E-state index contributed by atoms with van der Waals surface area (Å²) in [6.07, 6.45) is 0. The van der Waals surface area contributed by atoms with Crippen LogP contribution in [0.4, 0.5) is 0 Å². The van der Waals surface area contributed by atoms with Crippen molar-refractivity contribution in [2.75, 3.05) is 0 Å². The van der Waals surface area contributed by atoms with Crippen LogP contribution in [0.3, 0.4) is 0 Å². The molecule has 0 aliphatic rings. The van der Waals surface area contributed by atoms with Crippen LogP contribution >= 0.6 is 11.1 Å². The molecule has 0 nitrogen and oxygen atoms in total. The number of rotatable bonds is 3. The number of halogens is 1. The average molecular weight is 231 g/mol. The van der Waals surface area contributed by atoms with Gasteiger partial charge in [0.2, 0.25) is 0 Å². The van der Waals surface area contributed by atoms with Crippen molar-refractivity contribution in [1.82, 2.24) is 0 Å². The highest BCUT2D eigenvalue weighted by Gasteiger charge is 2.12. The lowest BCUT2D eigenvalue weighted by Crippen LogP contribution is -2.04. The zero-order valence-electron chi connectivity index (χ0n) is 8.23. The highest BCUT2D eigenvalue weighted by atomic mass is 35.6. The monoisotopic (exact) mass is 230 g/mol. The molecule has 0 atom stereocenters. The van der Waals surface area contributed by atoms with Gasteiger partial charge in [0.25, 0.3) is 0 Å². The fourth-order valence-electron chi connectivity index (χ4n) is 1.61. The number of benzene rings is 2. The van der Waals surface area contributed by atoms with E-state index in [1.54, 1.807) is 0 Å². The summed E-state index contributed by atoms with van der Waals surface area (Å²) in [4.78, 5) is 0. The molecule has 0 amide bonds. The second-order valence-corrected chi connectivity index (χ2v) is 4.81. The molecular weight excluding hydrogens is 220 g/mol. The predicted octanol–water partition coefficient (Wildman–Crippen LogP) is 3.63. The van der Waals surface area contributed by atoms with Crippen molar-refractivity contribution in [3.8, 4) is 0 Å². The minimum absolute atomic E-state index is 0.328. The molecule has 2 radical (unpaired) electrons. The normalized spacial score (nSPS) is 10.5. The molecule has 0 aliphatic carbocycles. The fourth-order valence-corrected chi connectivity index (χ4v) is 3.00. The number of hydrogen-bond acceptors (Lipinski definition) is 0. The summed E-state index contributed by atoms with van der Waals surface area (Å²) in [6, 6.07) is 20.8. The van der Waals surface area contributed by atoms with Gasteiger partial charge >= 0.3 is 0 Å². The molecule has 2 rings (SSSR count). The van der Waals surface area contributed by atoms with E-state index in [-0.39, 0.29) is 0 Å². The van der Waals surface area contributed by atoms with Crippen molar-refractivity contribution in [3.05, 3.63) is 71.8 Å². The molecule has 0 fully saturated rings. The molecule has 0 bridgehead atoms. The smallest absolute Gasteiger partial charge is 0.170 e. The van der Waals surface area contributed by atoms with Gasteiger partial charge in [0, 0.05) is 5.54 Å². The van der Waals surface area contributed by atoms with Gasteiger partial charge < -0.3 is 0 Å². The summed E-state index contributed by atoms with van der Waals surface area (Å²) in [7, 11) is 0.376. The maximum absolute atomic E-state index is 6.06. The molecule has 2 aromatic rings. The minimum atomic E-state index is 0.328. The first-order valence-corrected chi connectivity index (χ1v) is 6.97. The fraction of sp³-hybridized carbons (Fsp3) is 0.0769. The van der Waals surface area contributed by atoms with Crippen molar-refractivity contribution in [3.63, 3.8) is 0 Å². The van der Waals surface area contributed by atoms with Crippen molar-refractivity contribution in [2.45, 2.75) is 5.54 Å². The molecule has 2 aromatic carbocycles. The zero-order chi connectivity index (χ0) is 10.5. The third-order valence-electron chi connectivity index (χ3n) is 2.37. The van der Waals surface area contributed by atoms with Crippen LogP contribution in [0.1, 0.15) is 16.7 Å². The maximum atomic E-state index is 6.06. The van der Waals surface area contributed by atoms with Gasteiger partial charge in [-0.05, 0) is 11.1 Å². The van der Waals surface area contributed by atoms with E-state index in [4.69, 9.17) is 11.1 Å². The minimum Gasteiger partial charge on any atom is -0.170 e. The molecule has 0 heterocycles. The van der Waals surface area contributed by atoms with E-state index < -0.39 is 0 Å². The summed E-state index contributed by atoms with van der Waals surface area (Å²) >= 11 is 6.06. The molecule has 74 valence electrons. The SMILES string of the molecule is Cl[Si]C(c1ccccc1)c1ccccc1. The van der Waals surface area contributed by atoms with Gasteiger partial charge in [0.05, 0.1) is 0 Å². The zero-order valence-corrected chi connectivity index (χ0v) is 9.98. The van der Waals surface area contributed by atoms with Gasteiger partial charge in [-0.25, -0.2) is 0 Å². The van der Waals surface area contributed by atoms with E-state index >= 15 is 0 Å². The second kappa shape index (κ2) is 5.15. The molecule has 15 heavy (non-hydrogen) atoms. The summed E-state index contributed by atoms with van der Waals surface area (Å²) in [5.74, 6) is 0. The van der Waals surface area contributed by atoms with E-state index in [1.807, 2.05) is 12.1 Å². The van der Waals surface area contributed by atoms with E-state index in [9.17, 15) is 0 Å². The average Bonchev–Trinajstić information content (AvgIpc) is 2.33. The predicted molar refractivity (Wildman–Crippen MR) is 66.3 cm³/mol. The van der Waals surface area contributed by atoms with Crippen LogP contribution in [-0.2, 0) is 0 Å². The lowest BCUT2D eigenvalue weighted by Gasteiger charge is -2.13. The first-order chi connectivity index (χ1) is 7.42. The molecule has 0 saturated heterocycles. The third-order valence-corrected chi connectivity index (χ3v) is 3.91. The number of hydrogen-bond donors (Lipinski definition) is 0. The molecule has 2 heteroatoms. The first kappa shape index (κ1) is 10.5. The Morgan fingerprint density at radius 3 is 1.47 bits per heavy atom. The second-order valence-electron chi connectivity index (χ2n) is 3.36. The molecule has 0 aromatic heterocycles. The topological polar surface area (TPSA) is 0 Å². The van der Waals surface area contributed by atoms with Gasteiger partial charge in [-0.3, -0.25) is 0 Å². The van der Waals surface area contributed by atoms with E-state index in [0.717, 1.165) is 0 Å². The standard InChI is InChI=1S/C13H11ClSi/c14-15-13(11-7-3-1-4-8-11)12-9-5-2-6-10-12/h1-10,13H. The van der Waals surface area contributed by atoms with Crippen LogP contribution in [0.25, 0.3) is 0 Å². The summed E-state index contributed by atoms with van der Waals surface area (Å²) in [5, 5.41) is 0. The summed E-state index contributed by atoms with van der Waals surface area (Å²) < 4.78 is 0. The highest BCUT2D eigenvalue weighted by Crippen LogP contribution is 2.23. The van der Waals surface area contributed by atoms with Gasteiger partial charge in [-0.2, -0.15) is 11.1 Å². The highest BCUT2D eigenvalue weighted by molar-refractivity contribution is 6.94. The molecule has 0 unspecified atom stereocenters. The van der Waals surface area contributed by atoms with Gasteiger partial charge in [-0.15, -0.1) is 0 Å². The molecular formula is C13H11ClSi. The Labute approximate surface area is 97.4 Å². The van der Waals surface area contributed by atoms with Crippen molar-refractivity contribution in [2.24, 2.45) is 0 Å². The Bertz CT molecular complexity index is 360. The van der Waals surface area contributed by atoms with E-state index in [2.05, 4.69) is 48.5 Å². The van der Waals surface area contributed by atoms with Crippen LogP contribution in [0.2, 0.25) is 0 Å². The van der Waals surface area contributed by atoms with Crippen molar-refractivity contribution in [1.29, 1.82) is 0 Å². The Balaban J connectivity index is 2.34. The van der Waals surface area contributed by atoms with E-state index in [1.165, 1.54) is 11.1 Å². The van der Waals surface area contributed by atoms with Crippen molar-refractivity contribution < 1.29 is 0 Å². The molecule has 0 aliphatic heterocycles. The van der Waals surface area contributed by atoms with Crippen LogP contribution in [-0.4, -0.2) is 8.83 Å². The van der Waals surface area contributed by atoms with Gasteiger partial charge in [0.1, 0.15) is 0 Å². The van der Waals surface area contributed by atoms with Gasteiger partial charge in [-0.1, -0.05) is 60.7 Å². The Morgan fingerprint density at radius 1 is 0.733 bits per heavy atom. The molecule has 0 N–H and O–H groups in total. The first-order valence-electron chi connectivity index (χ1n) is 4.88. The van der Waals surface area contributed by atoms with Crippen LogP contribution < -0.4 is 0 Å². The van der Waals surface area contributed by atoms with Crippen LogP contribution in [0.15, 0.2) is 60.7 Å². The summed E-state index contributed by atoms with van der Waals surface area (Å²) in [5.41, 5.74) is 2.91. The lowest BCUT2D eigenvalue weighted by molar-refractivity contribution is 1.13. The largest absolute Gasteiger partial charge is 0.184 e. The van der Waals surface area contributed by atoms with Crippen molar-refractivity contribution >= 4 is 19.9 Å². The Morgan fingerprint density at radius 2 is 1.13 bits per heavy atom. The molecule has 0 spiro atoms. The maximum Gasteiger partial charge on any atom is 0.184 e.